The van der Waals surface area contributed by atoms with Crippen LogP contribution in [0.5, 0.6) is 5.75 Å². The molecule has 1 aromatic carbocycles. The fourth-order valence-electron chi connectivity index (χ4n) is 4.54. The van der Waals surface area contributed by atoms with E-state index in [-0.39, 0.29) is 19.1 Å². The second kappa shape index (κ2) is 8.84. The van der Waals surface area contributed by atoms with Crippen molar-refractivity contribution in [2.24, 2.45) is 5.73 Å². The summed E-state index contributed by atoms with van der Waals surface area (Å²) in [6, 6.07) is 5.54. The first-order valence-corrected chi connectivity index (χ1v) is 12.7. The molecule has 0 saturated heterocycles. The Morgan fingerprint density at radius 1 is 1.21 bits per heavy atom. The number of hydrogen-bond donors (Lipinski definition) is 2. The van der Waals surface area contributed by atoms with Crippen molar-refractivity contribution in [3.63, 3.8) is 0 Å². The monoisotopic (exact) mass is 496 g/mol. The molecule has 0 spiro atoms. The molecule has 0 fully saturated rings. The molecule has 0 saturated carbocycles. The summed E-state index contributed by atoms with van der Waals surface area (Å²) in [5.74, 6) is -0.716. The van der Waals surface area contributed by atoms with E-state index in [4.69, 9.17) is 10.5 Å². The number of amides is 3. The first-order chi connectivity index (χ1) is 16.3. The highest BCUT2D eigenvalue weighted by atomic mass is 32.1. The Morgan fingerprint density at radius 2 is 2.00 bits per heavy atom. The van der Waals surface area contributed by atoms with Crippen LogP contribution in [-0.4, -0.2) is 35.9 Å². The number of hydrogen-bond acceptors (Lipinski definition) is 7. The second-order valence-electron chi connectivity index (χ2n) is 8.42. The molecule has 3 N–H and O–H groups in total. The predicted molar refractivity (Wildman–Crippen MR) is 133 cm³/mol. The van der Waals surface area contributed by atoms with Gasteiger partial charge < -0.3 is 15.8 Å². The number of ether oxygens (including phenoxy) is 1. The van der Waals surface area contributed by atoms with Gasteiger partial charge in [0.2, 0.25) is 5.91 Å². The van der Waals surface area contributed by atoms with Gasteiger partial charge in [-0.3, -0.25) is 19.3 Å². The Kier molecular flexibility index (Phi) is 5.86. The third-order valence-electron chi connectivity index (χ3n) is 6.05. The Hall–Kier alpha value is -3.24. The minimum absolute atomic E-state index is 0.145. The molecule has 3 heterocycles. The molecule has 2 aromatic heterocycles. The maximum atomic E-state index is 13.0. The average Bonchev–Trinajstić information content (AvgIpc) is 3.33. The molecule has 1 aliphatic heterocycles. The van der Waals surface area contributed by atoms with Crippen LogP contribution < -0.4 is 20.7 Å². The van der Waals surface area contributed by atoms with Gasteiger partial charge in [-0.2, -0.15) is 0 Å². The lowest BCUT2D eigenvalue weighted by molar-refractivity contribution is -0.123. The summed E-state index contributed by atoms with van der Waals surface area (Å²) in [7, 11) is 0. The molecule has 0 radical (unpaired) electrons. The van der Waals surface area contributed by atoms with Gasteiger partial charge in [0, 0.05) is 15.3 Å². The summed E-state index contributed by atoms with van der Waals surface area (Å²) in [5.41, 5.74) is 9.22. The molecule has 8 nitrogen and oxygen atoms in total. The zero-order chi connectivity index (χ0) is 24.0. The van der Waals surface area contributed by atoms with Crippen LogP contribution in [0.25, 0.3) is 11.3 Å². The minimum atomic E-state index is -0.541. The highest BCUT2D eigenvalue weighted by molar-refractivity contribution is 7.17. The number of aromatic nitrogens is 1. The summed E-state index contributed by atoms with van der Waals surface area (Å²) >= 11 is 3.01. The van der Waals surface area contributed by atoms with Gasteiger partial charge in [0.25, 0.3) is 11.8 Å². The highest BCUT2D eigenvalue weighted by Crippen LogP contribution is 2.39. The van der Waals surface area contributed by atoms with Crippen molar-refractivity contribution in [1.82, 2.24) is 4.98 Å². The number of primary amides is 1. The predicted octanol–water partition coefficient (Wildman–Crippen LogP) is 3.83. The van der Waals surface area contributed by atoms with Gasteiger partial charge in [0.1, 0.15) is 17.3 Å². The highest BCUT2D eigenvalue weighted by Gasteiger charge is 2.30. The van der Waals surface area contributed by atoms with Crippen LogP contribution in [-0.2, 0) is 22.4 Å². The van der Waals surface area contributed by atoms with Gasteiger partial charge >= 0.3 is 0 Å². The first-order valence-electron chi connectivity index (χ1n) is 11.1. The zero-order valence-corrected chi connectivity index (χ0v) is 20.5. The minimum Gasteiger partial charge on any atom is -0.482 e. The van der Waals surface area contributed by atoms with Gasteiger partial charge in [-0.1, -0.05) is 0 Å². The third kappa shape index (κ3) is 4.07. The largest absolute Gasteiger partial charge is 0.482 e. The number of anilines is 2. The van der Waals surface area contributed by atoms with E-state index in [2.05, 4.69) is 10.3 Å². The Morgan fingerprint density at radius 3 is 2.74 bits per heavy atom. The lowest BCUT2D eigenvalue weighted by atomic mass is 9.95. The third-order valence-corrected chi connectivity index (χ3v) is 8.14. The van der Waals surface area contributed by atoms with E-state index in [1.165, 1.54) is 16.2 Å². The van der Waals surface area contributed by atoms with Crippen LogP contribution in [0.2, 0.25) is 0 Å². The van der Waals surface area contributed by atoms with Crippen LogP contribution in [0.15, 0.2) is 18.2 Å². The fraction of sp³-hybridized carbons (Fsp3) is 0.333. The number of fused-ring (bicyclic) bond motifs is 2. The number of carbonyl (C=O) groups is 3. The number of nitrogens with zero attached hydrogens (tertiary/aromatic N) is 2. The molecule has 176 valence electrons. The summed E-state index contributed by atoms with van der Waals surface area (Å²) in [6.07, 6.45) is 3.71. The molecule has 1 aliphatic carbocycles. The molecule has 0 atom stereocenters. The van der Waals surface area contributed by atoms with E-state index in [0.29, 0.717) is 22.0 Å². The molecule has 0 unspecified atom stereocenters. The quantitative estimate of drug-likeness (QED) is 0.557. The molecule has 0 bridgehead atoms. The molecule has 5 rings (SSSR count). The molecular weight excluding hydrogens is 472 g/mol. The van der Waals surface area contributed by atoms with Crippen LogP contribution >= 0.6 is 22.7 Å². The van der Waals surface area contributed by atoms with E-state index in [1.54, 1.807) is 17.4 Å². The van der Waals surface area contributed by atoms with Crippen molar-refractivity contribution in [2.45, 2.75) is 39.5 Å². The van der Waals surface area contributed by atoms with Crippen molar-refractivity contribution in [2.75, 3.05) is 23.4 Å². The number of thiophene rings is 1. The summed E-state index contributed by atoms with van der Waals surface area (Å²) < 4.78 is 5.60. The van der Waals surface area contributed by atoms with Crippen molar-refractivity contribution in [1.29, 1.82) is 0 Å². The Bertz CT molecular complexity index is 1330. The number of thiazole rings is 1. The number of carbonyl (C=O) groups excluding carboxylic acids is 3. The van der Waals surface area contributed by atoms with Crippen molar-refractivity contribution in [3.05, 3.63) is 44.1 Å². The average molecular weight is 497 g/mol. The van der Waals surface area contributed by atoms with Gasteiger partial charge in [-0.25, -0.2) is 4.98 Å². The summed E-state index contributed by atoms with van der Waals surface area (Å²) in [6.45, 7) is 3.61. The number of rotatable bonds is 5. The van der Waals surface area contributed by atoms with Crippen molar-refractivity contribution in [3.8, 4) is 17.0 Å². The molecule has 34 heavy (non-hydrogen) atoms. The maximum absolute atomic E-state index is 13.0. The van der Waals surface area contributed by atoms with E-state index in [0.717, 1.165) is 57.3 Å². The number of aryl methyl sites for hydroxylation is 3. The molecular formula is C24H24N4O4S2. The van der Waals surface area contributed by atoms with Gasteiger partial charge in [-0.05, 0) is 63.3 Å². The standard InChI is InChI=1S/C24H24N4O4S2/c1-12-22(26-13(2)33-12)14-7-8-17-16(9-14)28(20(30)11-32-17)10-19(29)27-24-21(23(25)31)15-5-3-4-6-18(15)34-24/h7-9H,3-6,10-11H2,1-2H3,(H2,25,31)(H,27,29). The Labute approximate surface area is 204 Å². The summed E-state index contributed by atoms with van der Waals surface area (Å²) in [5, 5.41) is 4.26. The van der Waals surface area contributed by atoms with Crippen LogP contribution in [0.1, 0.15) is 43.5 Å². The molecule has 3 aromatic rings. The van der Waals surface area contributed by atoms with Gasteiger partial charge in [0.05, 0.1) is 22.0 Å². The van der Waals surface area contributed by atoms with Crippen LogP contribution in [0.3, 0.4) is 0 Å². The molecule has 2 aliphatic rings. The summed E-state index contributed by atoms with van der Waals surface area (Å²) in [4.78, 5) is 46.1. The molecule has 3 amide bonds. The smallest absolute Gasteiger partial charge is 0.265 e. The number of nitrogens with two attached hydrogens (primary N) is 1. The number of benzene rings is 1. The van der Waals surface area contributed by atoms with E-state index < -0.39 is 11.8 Å². The lowest BCUT2D eigenvalue weighted by Crippen LogP contribution is -2.43. The SMILES string of the molecule is Cc1nc(-c2ccc3c(c2)N(CC(=O)Nc2sc4c(c2C(N)=O)CCCC4)C(=O)CO3)c(C)s1. The maximum Gasteiger partial charge on any atom is 0.265 e. The van der Waals surface area contributed by atoms with E-state index >= 15 is 0 Å². The van der Waals surface area contributed by atoms with E-state index in [9.17, 15) is 14.4 Å². The van der Waals surface area contributed by atoms with E-state index in [1.807, 2.05) is 26.0 Å². The zero-order valence-electron chi connectivity index (χ0n) is 18.9. The van der Waals surface area contributed by atoms with Crippen molar-refractivity contribution < 1.29 is 19.1 Å². The molecule has 10 heteroatoms. The van der Waals surface area contributed by atoms with Gasteiger partial charge in [-0.15, -0.1) is 22.7 Å². The van der Waals surface area contributed by atoms with Crippen molar-refractivity contribution >= 4 is 51.1 Å². The van der Waals surface area contributed by atoms with Gasteiger partial charge in [0.15, 0.2) is 6.61 Å². The van der Waals surface area contributed by atoms with Crippen LogP contribution in [0, 0.1) is 13.8 Å². The topological polar surface area (TPSA) is 115 Å². The Balaban J connectivity index is 1.42. The second-order valence-corrected chi connectivity index (χ2v) is 10.9. The lowest BCUT2D eigenvalue weighted by Gasteiger charge is -2.29. The first kappa shape index (κ1) is 22.5. The van der Waals surface area contributed by atoms with Crippen LogP contribution in [0.4, 0.5) is 10.7 Å². The number of nitrogens with one attached hydrogen (secondary N) is 1. The fourth-order valence-corrected chi connectivity index (χ4v) is 6.69. The normalized spacial score (nSPS) is 14.9.